The fourth-order valence-electron chi connectivity index (χ4n) is 2.11. The molecule has 1 fully saturated rings. The molecule has 0 spiro atoms. The minimum Gasteiger partial charge on any atom is -0.336 e. The number of hydrogen-bond acceptors (Lipinski definition) is 5. The maximum absolute atomic E-state index is 12.3. The smallest absolute Gasteiger partial charge is 0.265 e. The van der Waals surface area contributed by atoms with Gasteiger partial charge in [-0.3, -0.25) is 9.78 Å². The van der Waals surface area contributed by atoms with E-state index in [1.54, 1.807) is 17.3 Å². The molecular weight excluding hydrogens is 260 g/mol. The van der Waals surface area contributed by atoms with E-state index in [1.165, 1.54) is 11.3 Å². The van der Waals surface area contributed by atoms with Crippen LogP contribution in [0.15, 0.2) is 30.6 Å². The van der Waals surface area contributed by atoms with Gasteiger partial charge in [0, 0.05) is 25.3 Å². The molecule has 1 aliphatic heterocycles. The standard InChI is InChI=1S/C13H14N4OS/c14-9-4-6-17(8-9)13(18)11-7-16-12(19-11)10-3-1-2-5-15-10/h1-3,5,7,9H,4,6,8,14H2/t9-/m1/s1. The van der Waals surface area contributed by atoms with Crippen molar-refractivity contribution in [1.29, 1.82) is 0 Å². The first-order valence-electron chi connectivity index (χ1n) is 6.16. The molecule has 0 aromatic carbocycles. The van der Waals surface area contributed by atoms with Crippen LogP contribution in [-0.4, -0.2) is 39.9 Å². The second kappa shape index (κ2) is 5.07. The van der Waals surface area contributed by atoms with Crippen molar-refractivity contribution >= 4 is 17.2 Å². The summed E-state index contributed by atoms with van der Waals surface area (Å²) < 4.78 is 0. The van der Waals surface area contributed by atoms with Gasteiger partial charge in [0.25, 0.3) is 5.91 Å². The Morgan fingerprint density at radius 1 is 1.42 bits per heavy atom. The molecule has 2 aromatic rings. The Kier molecular flexibility index (Phi) is 3.27. The Morgan fingerprint density at radius 3 is 3.00 bits per heavy atom. The Balaban J connectivity index is 1.80. The van der Waals surface area contributed by atoms with Gasteiger partial charge in [-0.05, 0) is 18.6 Å². The molecule has 1 atom stereocenters. The molecule has 0 bridgehead atoms. The third-order valence-electron chi connectivity index (χ3n) is 3.11. The average Bonchev–Trinajstić information content (AvgIpc) is 3.08. The molecule has 0 radical (unpaired) electrons. The molecule has 2 N–H and O–H groups in total. The number of thiazole rings is 1. The molecule has 3 heterocycles. The van der Waals surface area contributed by atoms with Crippen molar-refractivity contribution in [3.8, 4) is 10.7 Å². The van der Waals surface area contributed by atoms with Crippen LogP contribution >= 0.6 is 11.3 Å². The molecule has 0 unspecified atom stereocenters. The fourth-order valence-corrected chi connectivity index (χ4v) is 2.97. The van der Waals surface area contributed by atoms with Crippen molar-refractivity contribution in [2.24, 2.45) is 5.73 Å². The lowest BCUT2D eigenvalue weighted by Gasteiger charge is -2.13. The third-order valence-corrected chi connectivity index (χ3v) is 4.12. The summed E-state index contributed by atoms with van der Waals surface area (Å²) in [5.74, 6) is 0.0210. The van der Waals surface area contributed by atoms with Gasteiger partial charge in [0.2, 0.25) is 0 Å². The second-order valence-electron chi connectivity index (χ2n) is 4.54. The van der Waals surface area contributed by atoms with E-state index in [-0.39, 0.29) is 11.9 Å². The first-order valence-corrected chi connectivity index (χ1v) is 6.98. The lowest BCUT2D eigenvalue weighted by Crippen LogP contribution is -2.31. The number of nitrogens with two attached hydrogens (primary N) is 1. The van der Waals surface area contributed by atoms with Crippen molar-refractivity contribution in [1.82, 2.24) is 14.9 Å². The van der Waals surface area contributed by atoms with Crippen LogP contribution in [0.4, 0.5) is 0 Å². The second-order valence-corrected chi connectivity index (χ2v) is 5.58. The predicted molar refractivity (Wildman–Crippen MR) is 73.8 cm³/mol. The first kappa shape index (κ1) is 12.3. The molecule has 1 aliphatic rings. The quantitative estimate of drug-likeness (QED) is 0.898. The van der Waals surface area contributed by atoms with Crippen LogP contribution in [0, 0.1) is 0 Å². The van der Waals surface area contributed by atoms with Crippen LogP contribution in [0.5, 0.6) is 0 Å². The van der Waals surface area contributed by atoms with E-state index in [0.717, 1.165) is 23.7 Å². The summed E-state index contributed by atoms with van der Waals surface area (Å²) in [6.07, 6.45) is 4.22. The molecule has 1 saturated heterocycles. The highest BCUT2D eigenvalue weighted by Gasteiger charge is 2.26. The van der Waals surface area contributed by atoms with Gasteiger partial charge < -0.3 is 10.6 Å². The van der Waals surface area contributed by atoms with E-state index in [1.807, 2.05) is 18.2 Å². The van der Waals surface area contributed by atoms with Crippen LogP contribution in [-0.2, 0) is 0 Å². The van der Waals surface area contributed by atoms with E-state index >= 15 is 0 Å². The van der Waals surface area contributed by atoms with E-state index in [0.29, 0.717) is 11.4 Å². The zero-order valence-electron chi connectivity index (χ0n) is 10.3. The third kappa shape index (κ3) is 2.50. The van der Waals surface area contributed by atoms with Crippen LogP contribution in [0.2, 0.25) is 0 Å². The zero-order chi connectivity index (χ0) is 13.2. The maximum Gasteiger partial charge on any atom is 0.265 e. The number of amides is 1. The molecule has 19 heavy (non-hydrogen) atoms. The highest BCUT2D eigenvalue weighted by Crippen LogP contribution is 2.25. The maximum atomic E-state index is 12.3. The Labute approximate surface area is 115 Å². The number of carbonyl (C=O) groups is 1. The van der Waals surface area contributed by atoms with Gasteiger partial charge in [0.05, 0.1) is 11.9 Å². The minimum atomic E-state index is 0.0210. The Bertz CT molecular complexity index is 583. The van der Waals surface area contributed by atoms with Crippen LogP contribution in [0.3, 0.4) is 0 Å². The highest BCUT2D eigenvalue weighted by molar-refractivity contribution is 7.16. The number of likely N-dealkylation sites (tertiary alicyclic amines) is 1. The largest absolute Gasteiger partial charge is 0.336 e. The van der Waals surface area contributed by atoms with Crippen molar-refractivity contribution in [3.63, 3.8) is 0 Å². The topological polar surface area (TPSA) is 72.1 Å². The lowest BCUT2D eigenvalue weighted by atomic mass is 10.3. The number of carbonyl (C=O) groups excluding carboxylic acids is 1. The summed E-state index contributed by atoms with van der Waals surface area (Å²) in [4.78, 5) is 23.2. The summed E-state index contributed by atoms with van der Waals surface area (Å²) in [5.41, 5.74) is 6.62. The van der Waals surface area contributed by atoms with E-state index in [9.17, 15) is 4.79 Å². The highest BCUT2D eigenvalue weighted by atomic mass is 32.1. The van der Waals surface area contributed by atoms with Gasteiger partial charge in [0.1, 0.15) is 9.88 Å². The zero-order valence-corrected chi connectivity index (χ0v) is 11.1. The molecule has 2 aromatic heterocycles. The summed E-state index contributed by atoms with van der Waals surface area (Å²) in [6.45, 7) is 1.37. The molecule has 1 amide bonds. The van der Waals surface area contributed by atoms with Crippen molar-refractivity contribution < 1.29 is 4.79 Å². The van der Waals surface area contributed by atoms with Gasteiger partial charge in [-0.15, -0.1) is 11.3 Å². The average molecular weight is 274 g/mol. The molecule has 98 valence electrons. The first-order chi connectivity index (χ1) is 9.24. The van der Waals surface area contributed by atoms with E-state index in [4.69, 9.17) is 5.73 Å². The SMILES string of the molecule is N[C@@H]1CCN(C(=O)c2cnc(-c3ccccn3)s2)C1. The molecule has 5 nitrogen and oxygen atoms in total. The number of rotatable bonds is 2. The fraction of sp³-hybridized carbons (Fsp3) is 0.308. The lowest BCUT2D eigenvalue weighted by molar-refractivity contribution is 0.0795. The summed E-state index contributed by atoms with van der Waals surface area (Å²) in [6, 6.07) is 5.75. The number of nitrogens with zero attached hydrogens (tertiary/aromatic N) is 3. The molecular formula is C13H14N4OS. The van der Waals surface area contributed by atoms with Gasteiger partial charge in [0.15, 0.2) is 0 Å². The molecule has 3 rings (SSSR count). The minimum absolute atomic E-state index is 0.0210. The van der Waals surface area contributed by atoms with Crippen LogP contribution in [0.1, 0.15) is 16.1 Å². The molecule has 0 saturated carbocycles. The van der Waals surface area contributed by atoms with Crippen LogP contribution < -0.4 is 5.73 Å². The van der Waals surface area contributed by atoms with Gasteiger partial charge in [-0.1, -0.05) is 6.07 Å². The Morgan fingerprint density at radius 2 is 2.32 bits per heavy atom. The molecule has 0 aliphatic carbocycles. The van der Waals surface area contributed by atoms with E-state index < -0.39 is 0 Å². The van der Waals surface area contributed by atoms with Crippen molar-refractivity contribution in [2.75, 3.05) is 13.1 Å². The van der Waals surface area contributed by atoms with Gasteiger partial charge in [-0.2, -0.15) is 0 Å². The normalized spacial score (nSPS) is 18.8. The van der Waals surface area contributed by atoms with E-state index in [2.05, 4.69) is 9.97 Å². The van der Waals surface area contributed by atoms with Gasteiger partial charge in [-0.25, -0.2) is 4.98 Å². The number of hydrogen-bond donors (Lipinski definition) is 1. The summed E-state index contributed by atoms with van der Waals surface area (Å²) in [5, 5.41) is 0.771. The number of pyridine rings is 1. The summed E-state index contributed by atoms with van der Waals surface area (Å²) in [7, 11) is 0. The van der Waals surface area contributed by atoms with Crippen LogP contribution in [0.25, 0.3) is 10.7 Å². The summed E-state index contributed by atoms with van der Waals surface area (Å²) >= 11 is 1.38. The monoisotopic (exact) mass is 274 g/mol. The van der Waals surface area contributed by atoms with Crippen molar-refractivity contribution in [3.05, 3.63) is 35.5 Å². The van der Waals surface area contributed by atoms with Gasteiger partial charge >= 0.3 is 0 Å². The number of aromatic nitrogens is 2. The molecule has 6 heteroatoms. The Hall–Kier alpha value is -1.79. The van der Waals surface area contributed by atoms with Crippen molar-refractivity contribution in [2.45, 2.75) is 12.5 Å². The predicted octanol–water partition coefficient (Wildman–Crippen LogP) is 1.38.